The third kappa shape index (κ3) is 3.95. The molecule has 0 radical (unpaired) electrons. The number of nitrogens with zero attached hydrogens (tertiary/aromatic N) is 1. The van der Waals surface area contributed by atoms with Gasteiger partial charge in [-0.05, 0) is 17.5 Å². The average Bonchev–Trinajstić information content (AvgIpc) is 2.74. The number of aliphatic carboxylic acids is 1. The van der Waals surface area contributed by atoms with Gasteiger partial charge >= 0.3 is 5.97 Å². The molecule has 1 aliphatic rings. The van der Waals surface area contributed by atoms with E-state index < -0.39 is 11.3 Å². The zero-order chi connectivity index (χ0) is 10.2. The zero-order valence-electron chi connectivity index (χ0n) is 7.33. The van der Waals surface area contributed by atoms with Gasteiger partial charge < -0.3 is 10.4 Å². The highest BCUT2D eigenvalue weighted by molar-refractivity contribution is 8.03. The molecular formula is C9H10N2O2S. The van der Waals surface area contributed by atoms with E-state index >= 15 is 0 Å². The van der Waals surface area contributed by atoms with Crippen LogP contribution in [0.25, 0.3) is 0 Å². The second-order valence-corrected chi connectivity index (χ2v) is 3.36. The SMILES string of the molecule is O=C(O)C1NC=CS1.c1ccncc1. The van der Waals surface area contributed by atoms with E-state index in [1.165, 1.54) is 11.8 Å². The highest BCUT2D eigenvalue weighted by Gasteiger charge is 2.16. The lowest BCUT2D eigenvalue weighted by molar-refractivity contribution is -0.136. The van der Waals surface area contributed by atoms with Crippen molar-refractivity contribution < 1.29 is 9.90 Å². The number of rotatable bonds is 1. The lowest BCUT2D eigenvalue weighted by atomic mass is 10.5. The zero-order valence-corrected chi connectivity index (χ0v) is 8.15. The summed E-state index contributed by atoms with van der Waals surface area (Å²) in [6.45, 7) is 0. The molecule has 1 aromatic rings. The molecule has 2 N–H and O–H groups in total. The molecule has 0 aliphatic carbocycles. The molecule has 14 heavy (non-hydrogen) atoms. The summed E-state index contributed by atoms with van der Waals surface area (Å²) in [5, 5.41) is 12.2. The molecule has 0 amide bonds. The number of nitrogens with one attached hydrogen (secondary N) is 1. The van der Waals surface area contributed by atoms with Gasteiger partial charge in [-0.25, -0.2) is 4.79 Å². The van der Waals surface area contributed by atoms with Crippen LogP contribution in [-0.2, 0) is 4.79 Å². The molecule has 4 nitrogen and oxygen atoms in total. The van der Waals surface area contributed by atoms with Crippen molar-refractivity contribution in [3.8, 4) is 0 Å². The Hall–Kier alpha value is -1.49. The fourth-order valence-electron chi connectivity index (χ4n) is 0.726. The Morgan fingerprint density at radius 3 is 2.29 bits per heavy atom. The maximum absolute atomic E-state index is 10.1. The van der Waals surface area contributed by atoms with E-state index in [4.69, 9.17) is 5.11 Å². The van der Waals surface area contributed by atoms with E-state index in [1.807, 2.05) is 18.2 Å². The quantitative estimate of drug-likeness (QED) is 0.731. The number of thioether (sulfide) groups is 1. The van der Waals surface area contributed by atoms with Gasteiger partial charge in [0.1, 0.15) is 0 Å². The van der Waals surface area contributed by atoms with Crippen molar-refractivity contribution in [1.29, 1.82) is 0 Å². The molecule has 2 heterocycles. The first kappa shape index (κ1) is 10.6. The van der Waals surface area contributed by atoms with Gasteiger partial charge in [0.2, 0.25) is 0 Å². The minimum atomic E-state index is -0.819. The Balaban J connectivity index is 0.000000146. The minimum absolute atomic E-state index is 0.463. The van der Waals surface area contributed by atoms with Crippen LogP contribution in [0.15, 0.2) is 42.2 Å². The Morgan fingerprint density at radius 1 is 1.36 bits per heavy atom. The summed E-state index contributed by atoms with van der Waals surface area (Å²) in [7, 11) is 0. The highest BCUT2D eigenvalue weighted by Crippen LogP contribution is 2.14. The van der Waals surface area contributed by atoms with E-state index in [2.05, 4.69) is 10.3 Å². The Labute approximate surface area is 86.0 Å². The first-order valence-corrected chi connectivity index (χ1v) is 4.89. The summed E-state index contributed by atoms with van der Waals surface area (Å²) < 4.78 is 0. The molecule has 2 rings (SSSR count). The standard InChI is InChI=1S/C5H5N.C4H5NO2S/c1-2-4-6-5-3-1;6-4(7)3-5-1-2-8-3/h1-5H;1-3,5H,(H,6,7). The van der Waals surface area contributed by atoms with Crippen LogP contribution in [0.3, 0.4) is 0 Å². The predicted molar refractivity (Wildman–Crippen MR) is 55.5 cm³/mol. The molecule has 1 atom stereocenters. The number of hydrogen-bond acceptors (Lipinski definition) is 4. The third-order valence-electron chi connectivity index (χ3n) is 1.32. The van der Waals surface area contributed by atoms with Crippen LogP contribution < -0.4 is 5.32 Å². The topological polar surface area (TPSA) is 62.2 Å². The summed E-state index contributed by atoms with van der Waals surface area (Å²) in [4.78, 5) is 13.9. The van der Waals surface area contributed by atoms with Crippen molar-refractivity contribution in [1.82, 2.24) is 10.3 Å². The van der Waals surface area contributed by atoms with Gasteiger partial charge in [-0.2, -0.15) is 0 Å². The van der Waals surface area contributed by atoms with Gasteiger partial charge in [0.25, 0.3) is 0 Å². The number of aromatic nitrogens is 1. The van der Waals surface area contributed by atoms with Crippen molar-refractivity contribution in [2.24, 2.45) is 0 Å². The third-order valence-corrected chi connectivity index (χ3v) is 2.22. The molecule has 1 aliphatic heterocycles. The summed E-state index contributed by atoms with van der Waals surface area (Å²) >= 11 is 1.26. The Morgan fingerprint density at radius 2 is 2.07 bits per heavy atom. The summed E-state index contributed by atoms with van der Waals surface area (Å²) in [6, 6.07) is 5.72. The maximum atomic E-state index is 10.1. The summed E-state index contributed by atoms with van der Waals surface area (Å²) in [6.07, 6.45) is 5.13. The lowest BCUT2D eigenvalue weighted by Gasteiger charge is -2.00. The van der Waals surface area contributed by atoms with Gasteiger partial charge in [0.15, 0.2) is 5.37 Å². The normalized spacial score (nSPS) is 17.9. The number of carbonyl (C=O) groups is 1. The number of hydrogen-bond donors (Lipinski definition) is 2. The van der Waals surface area contributed by atoms with Crippen LogP contribution in [0.5, 0.6) is 0 Å². The molecule has 0 saturated carbocycles. The predicted octanol–water partition coefficient (Wildman–Crippen LogP) is 1.29. The van der Waals surface area contributed by atoms with Crippen LogP contribution in [0, 0.1) is 0 Å². The fraction of sp³-hybridized carbons (Fsp3) is 0.111. The van der Waals surface area contributed by atoms with E-state index in [0.717, 1.165) is 0 Å². The number of carboxylic acids is 1. The number of pyridine rings is 1. The average molecular weight is 210 g/mol. The van der Waals surface area contributed by atoms with E-state index in [-0.39, 0.29) is 0 Å². The van der Waals surface area contributed by atoms with E-state index in [9.17, 15) is 4.79 Å². The van der Waals surface area contributed by atoms with Gasteiger partial charge in [0, 0.05) is 18.6 Å². The lowest BCUT2D eigenvalue weighted by Crippen LogP contribution is -2.25. The summed E-state index contributed by atoms with van der Waals surface area (Å²) in [5.74, 6) is -0.819. The molecule has 5 heteroatoms. The first-order valence-electron chi connectivity index (χ1n) is 3.95. The van der Waals surface area contributed by atoms with Gasteiger partial charge in [-0.1, -0.05) is 17.8 Å². The molecule has 74 valence electrons. The van der Waals surface area contributed by atoms with Crippen LogP contribution in [0.4, 0.5) is 0 Å². The maximum Gasteiger partial charge on any atom is 0.337 e. The summed E-state index contributed by atoms with van der Waals surface area (Å²) in [5.41, 5.74) is 0. The van der Waals surface area contributed by atoms with Crippen molar-refractivity contribution in [2.45, 2.75) is 5.37 Å². The van der Waals surface area contributed by atoms with Crippen LogP contribution in [-0.4, -0.2) is 21.4 Å². The molecule has 0 saturated heterocycles. The highest BCUT2D eigenvalue weighted by atomic mass is 32.2. The van der Waals surface area contributed by atoms with Gasteiger partial charge in [-0.3, -0.25) is 4.98 Å². The van der Waals surface area contributed by atoms with Crippen LogP contribution in [0.1, 0.15) is 0 Å². The number of carboxylic acid groups (broad SMARTS) is 1. The van der Waals surface area contributed by atoms with E-state index in [1.54, 1.807) is 24.0 Å². The molecular weight excluding hydrogens is 200 g/mol. The van der Waals surface area contributed by atoms with E-state index in [0.29, 0.717) is 0 Å². The van der Waals surface area contributed by atoms with Crippen LogP contribution in [0.2, 0.25) is 0 Å². The molecule has 0 bridgehead atoms. The van der Waals surface area contributed by atoms with Gasteiger partial charge in [0.05, 0.1) is 0 Å². The molecule has 1 aromatic heterocycles. The van der Waals surface area contributed by atoms with Crippen molar-refractivity contribution in [3.05, 3.63) is 42.2 Å². The van der Waals surface area contributed by atoms with Crippen molar-refractivity contribution in [3.63, 3.8) is 0 Å². The largest absolute Gasteiger partial charge is 0.479 e. The monoisotopic (exact) mass is 210 g/mol. The molecule has 0 spiro atoms. The second kappa shape index (κ2) is 6.04. The van der Waals surface area contributed by atoms with Gasteiger partial charge in [-0.15, -0.1) is 0 Å². The first-order chi connectivity index (χ1) is 6.80. The molecule has 1 unspecified atom stereocenters. The molecule has 0 fully saturated rings. The van der Waals surface area contributed by atoms with Crippen LogP contribution >= 0.6 is 11.8 Å². The van der Waals surface area contributed by atoms with Crippen molar-refractivity contribution in [2.75, 3.05) is 0 Å². The Bertz CT molecular complexity index is 268. The fourth-order valence-corrected chi connectivity index (χ4v) is 1.31. The molecule has 0 aromatic carbocycles. The minimum Gasteiger partial charge on any atom is -0.479 e. The second-order valence-electron chi connectivity index (χ2n) is 2.35. The Kier molecular flexibility index (Phi) is 4.57. The van der Waals surface area contributed by atoms with Crippen molar-refractivity contribution >= 4 is 17.7 Å². The smallest absolute Gasteiger partial charge is 0.337 e.